The molecule has 2 N–H and O–H groups in total. The van der Waals surface area contributed by atoms with E-state index in [0.717, 1.165) is 25.9 Å². The zero-order valence-corrected chi connectivity index (χ0v) is 15.2. The first-order valence-corrected chi connectivity index (χ1v) is 9.60. The van der Waals surface area contributed by atoms with Gasteiger partial charge in [-0.15, -0.1) is 0 Å². The molecule has 0 spiro atoms. The maximum atomic E-state index is 6.02. The summed E-state index contributed by atoms with van der Waals surface area (Å²) in [5, 5.41) is 1.98. The van der Waals surface area contributed by atoms with E-state index in [0.29, 0.717) is 0 Å². The minimum absolute atomic E-state index is 1.01. The van der Waals surface area contributed by atoms with Crippen molar-refractivity contribution in [2.45, 2.75) is 90.9 Å². The molecule has 0 amide bonds. The summed E-state index contributed by atoms with van der Waals surface area (Å²) < 4.78 is 0. The van der Waals surface area contributed by atoms with Crippen molar-refractivity contribution in [3.05, 3.63) is 24.3 Å². The molecular formula is C20H40N2. The van der Waals surface area contributed by atoms with Crippen LogP contribution in [0.25, 0.3) is 0 Å². The molecule has 0 rings (SSSR count). The van der Waals surface area contributed by atoms with Gasteiger partial charge in [-0.3, -0.25) is 5.84 Å². The second-order valence-corrected chi connectivity index (χ2v) is 6.25. The van der Waals surface area contributed by atoms with Crippen molar-refractivity contribution in [1.82, 2.24) is 5.01 Å². The van der Waals surface area contributed by atoms with Crippen LogP contribution in [0.5, 0.6) is 0 Å². The Labute approximate surface area is 139 Å². The van der Waals surface area contributed by atoms with Gasteiger partial charge in [-0.25, -0.2) is 5.01 Å². The highest BCUT2D eigenvalue weighted by Crippen LogP contribution is 2.03. The molecule has 130 valence electrons. The summed E-state index contributed by atoms with van der Waals surface area (Å²) in [5.74, 6) is 6.02. The molecule has 0 saturated carbocycles. The molecule has 22 heavy (non-hydrogen) atoms. The van der Waals surface area contributed by atoms with Crippen molar-refractivity contribution in [3.8, 4) is 0 Å². The Morgan fingerprint density at radius 3 is 1.32 bits per heavy atom. The molecule has 2 nitrogen and oxygen atoms in total. The van der Waals surface area contributed by atoms with E-state index in [1.54, 1.807) is 0 Å². The average molecular weight is 309 g/mol. The summed E-state index contributed by atoms with van der Waals surface area (Å²) in [6.07, 6.45) is 24.5. The highest BCUT2D eigenvalue weighted by Gasteiger charge is 1.96. The molecule has 0 aromatic carbocycles. The van der Waals surface area contributed by atoms with Crippen LogP contribution in [0.15, 0.2) is 24.3 Å². The van der Waals surface area contributed by atoms with Crippen LogP contribution in [-0.2, 0) is 0 Å². The number of allylic oxidation sites excluding steroid dienone is 4. The quantitative estimate of drug-likeness (QED) is 0.164. The van der Waals surface area contributed by atoms with Crippen LogP contribution in [0.4, 0.5) is 0 Å². The normalized spacial score (nSPS) is 12.2. The number of unbranched alkanes of at least 4 members (excludes halogenated alkanes) is 8. The van der Waals surface area contributed by atoms with Gasteiger partial charge in [-0.05, 0) is 51.4 Å². The minimum atomic E-state index is 1.01. The molecule has 2 heteroatoms. The lowest BCUT2D eigenvalue weighted by molar-refractivity contribution is 0.277. The largest absolute Gasteiger partial charge is 0.269 e. The van der Waals surface area contributed by atoms with Gasteiger partial charge in [0.1, 0.15) is 0 Å². The maximum Gasteiger partial charge on any atom is 0.0131 e. The maximum absolute atomic E-state index is 6.02. The average Bonchev–Trinajstić information content (AvgIpc) is 2.52. The van der Waals surface area contributed by atoms with Crippen LogP contribution in [0.1, 0.15) is 90.9 Å². The van der Waals surface area contributed by atoms with E-state index in [4.69, 9.17) is 5.84 Å². The molecule has 0 saturated heterocycles. The lowest BCUT2D eigenvalue weighted by atomic mass is 10.2. The van der Waals surface area contributed by atoms with Crippen molar-refractivity contribution in [1.29, 1.82) is 0 Å². The van der Waals surface area contributed by atoms with Gasteiger partial charge in [0, 0.05) is 13.1 Å². The molecule has 0 unspecified atom stereocenters. The van der Waals surface area contributed by atoms with E-state index in [1.807, 2.05) is 5.01 Å². The van der Waals surface area contributed by atoms with Crippen LogP contribution in [0.2, 0.25) is 0 Å². The Morgan fingerprint density at radius 1 is 0.591 bits per heavy atom. The van der Waals surface area contributed by atoms with Gasteiger partial charge in [-0.2, -0.15) is 0 Å². The van der Waals surface area contributed by atoms with Gasteiger partial charge in [0.05, 0.1) is 0 Å². The predicted molar refractivity (Wildman–Crippen MR) is 101 cm³/mol. The molecule has 0 aromatic heterocycles. The fourth-order valence-corrected chi connectivity index (χ4v) is 2.43. The van der Waals surface area contributed by atoms with E-state index in [9.17, 15) is 0 Å². The fourth-order valence-electron chi connectivity index (χ4n) is 2.43. The summed E-state index contributed by atoms with van der Waals surface area (Å²) in [4.78, 5) is 0. The van der Waals surface area contributed by atoms with Crippen LogP contribution in [0, 0.1) is 0 Å². The Bertz CT molecular complexity index is 232. The number of rotatable bonds is 16. The summed E-state index contributed by atoms with van der Waals surface area (Å²) in [6.45, 7) is 6.53. The zero-order valence-electron chi connectivity index (χ0n) is 15.2. The monoisotopic (exact) mass is 308 g/mol. The molecule has 0 bridgehead atoms. The van der Waals surface area contributed by atoms with Crippen molar-refractivity contribution in [2.75, 3.05) is 13.1 Å². The summed E-state index contributed by atoms with van der Waals surface area (Å²) in [5.41, 5.74) is 0. The molecule has 0 radical (unpaired) electrons. The van der Waals surface area contributed by atoms with Gasteiger partial charge >= 0.3 is 0 Å². The molecule has 0 fully saturated rings. The van der Waals surface area contributed by atoms with E-state index in [2.05, 4.69) is 38.2 Å². The lowest BCUT2D eigenvalue weighted by Crippen LogP contribution is -2.32. The van der Waals surface area contributed by atoms with E-state index in [-0.39, 0.29) is 0 Å². The van der Waals surface area contributed by atoms with E-state index in [1.165, 1.54) is 64.2 Å². The first-order valence-electron chi connectivity index (χ1n) is 9.60. The second kappa shape index (κ2) is 18.4. The number of nitrogens with zero attached hydrogens (tertiary/aromatic N) is 1. The van der Waals surface area contributed by atoms with Crippen LogP contribution >= 0.6 is 0 Å². The smallest absolute Gasteiger partial charge is 0.0131 e. The first kappa shape index (κ1) is 21.4. The van der Waals surface area contributed by atoms with Gasteiger partial charge in [0.2, 0.25) is 0 Å². The van der Waals surface area contributed by atoms with Gasteiger partial charge in [0.15, 0.2) is 0 Å². The number of hydrogen-bond acceptors (Lipinski definition) is 2. The Kier molecular flexibility index (Phi) is 17.9. The standard InChI is InChI=1S/C20H40N2/c1-3-5-7-9-11-13-15-17-19-22(21)20-18-16-14-12-10-8-6-4-2/h11-14H,3-10,15-21H2,1-2H3/b13-11-,14-12-. The van der Waals surface area contributed by atoms with E-state index >= 15 is 0 Å². The third-order valence-corrected chi connectivity index (χ3v) is 3.91. The number of nitrogens with two attached hydrogens (primary N) is 1. The van der Waals surface area contributed by atoms with Gasteiger partial charge < -0.3 is 0 Å². The lowest BCUT2D eigenvalue weighted by Gasteiger charge is -2.14. The fraction of sp³-hybridized carbons (Fsp3) is 0.800. The van der Waals surface area contributed by atoms with Crippen molar-refractivity contribution in [3.63, 3.8) is 0 Å². The Hall–Kier alpha value is -0.600. The summed E-state index contributed by atoms with van der Waals surface area (Å²) in [7, 11) is 0. The summed E-state index contributed by atoms with van der Waals surface area (Å²) in [6, 6.07) is 0. The number of hydrogen-bond donors (Lipinski definition) is 1. The van der Waals surface area contributed by atoms with Crippen LogP contribution < -0.4 is 5.84 Å². The molecule has 0 aliphatic carbocycles. The van der Waals surface area contributed by atoms with Crippen molar-refractivity contribution >= 4 is 0 Å². The van der Waals surface area contributed by atoms with Crippen molar-refractivity contribution < 1.29 is 0 Å². The molecule has 0 aliphatic rings. The third kappa shape index (κ3) is 17.5. The Balaban J connectivity index is 3.30. The molecule has 0 aromatic rings. The number of hydrazine groups is 1. The first-order chi connectivity index (χ1) is 10.8. The Morgan fingerprint density at radius 2 is 0.955 bits per heavy atom. The van der Waals surface area contributed by atoms with E-state index < -0.39 is 0 Å². The zero-order chi connectivity index (χ0) is 16.3. The molecule has 0 heterocycles. The molecular weight excluding hydrogens is 268 g/mol. The third-order valence-electron chi connectivity index (χ3n) is 3.91. The van der Waals surface area contributed by atoms with Crippen LogP contribution in [0.3, 0.4) is 0 Å². The van der Waals surface area contributed by atoms with Gasteiger partial charge in [0.25, 0.3) is 0 Å². The second-order valence-electron chi connectivity index (χ2n) is 6.25. The molecule has 0 atom stereocenters. The van der Waals surface area contributed by atoms with Crippen molar-refractivity contribution in [2.24, 2.45) is 5.84 Å². The highest BCUT2D eigenvalue weighted by molar-refractivity contribution is 4.82. The van der Waals surface area contributed by atoms with Gasteiger partial charge in [-0.1, -0.05) is 63.8 Å². The predicted octanol–water partition coefficient (Wildman–Crippen LogP) is 6.00. The SMILES string of the molecule is CCCCC/C=C\CCCN(N)CCC/C=C\CCCCC. The topological polar surface area (TPSA) is 29.3 Å². The molecule has 0 aliphatic heterocycles. The highest BCUT2D eigenvalue weighted by atomic mass is 15.4. The minimum Gasteiger partial charge on any atom is -0.269 e. The van der Waals surface area contributed by atoms with Crippen LogP contribution in [-0.4, -0.2) is 18.1 Å². The summed E-state index contributed by atoms with van der Waals surface area (Å²) >= 11 is 0.